The van der Waals surface area contributed by atoms with Crippen LogP contribution in [0.15, 0.2) is 18.3 Å². The summed E-state index contributed by atoms with van der Waals surface area (Å²) >= 11 is 0. The third-order valence-corrected chi connectivity index (χ3v) is 3.86. The Kier molecular flexibility index (Phi) is 7.25. The van der Waals surface area contributed by atoms with Crippen LogP contribution in [-0.4, -0.2) is 53.9 Å². The van der Waals surface area contributed by atoms with E-state index in [0.717, 1.165) is 6.42 Å². The molecule has 2 rings (SSSR count). The molecule has 1 fully saturated rings. The van der Waals surface area contributed by atoms with E-state index in [1.165, 1.54) is 0 Å². The minimum Gasteiger partial charge on any atom is -0.365 e. The normalized spacial score (nSPS) is 15.7. The van der Waals surface area contributed by atoms with Crippen LogP contribution >= 0.6 is 12.4 Å². The van der Waals surface area contributed by atoms with Gasteiger partial charge < -0.3 is 21.3 Å². The highest BCUT2D eigenvalue weighted by molar-refractivity contribution is 5.97. The van der Waals surface area contributed by atoms with E-state index in [1.54, 1.807) is 23.2 Å². The van der Waals surface area contributed by atoms with Crippen molar-refractivity contribution < 1.29 is 9.59 Å². The Morgan fingerprint density at radius 1 is 1.30 bits per heavy atom. The molecule has 0 spiro atoms. The summed E-state index contributed by atoms with van der Waals surface area (Å²) in [6.45, 7) is 4.39. The number of piperazine rings is 1. The van der Waals surface area contributed by atoms with Gasteiger partial charge in [0.25, 0.3) is 5.91 Å². The Balaban J connectivity index is 0.00000264. The van der Waals surface area contributed by atoms with Crippen LogP contribution in [0.2, 0.25) is 0 Å². The Bertz CT molecular complexity index is 546. The van der Waals surface area contributed by atoms with Gasteiger partial charge in [0.15, 0.2) is 0 Å². The molecule has 1 aliphatic heterocycles. The van der Waals surface area contributed by atoms with Crippen molar-refractivity contribution in [2.75, 3.05) is 31.1 Å². The van der Waals surface area contributed by atoms with Crippen LogP contribution in [-0.2, 0) is 4.79 Å². The minimum atomic E-state index is -0.494. The van der Waals surface area contributed by atoms with Crippen molar-refractivity contribution in [3.8, 4) is 0 Å². The van der Waals surface area contributed by atoms with Crippen molar-refractivity contribution in [2.45, 2.75) is 25.8 Å². The SMILES string of the molecule is CCCC(N)C(=O)N1CCN(c2ncccc2C(N)=O)CC1.Cl. The third-order valence-electron chi connectivity index (χ3n) is 3.86. The highest BCUT2D eigenvalue weighted by Crippen LogP contribution is 2.18. The summed E-state index contributed by atoms with van der Waals surface area (Å²) < 4.78 is 0. The van der Waals surface area contributed by atoms with Gasteiger partial charge >= 0.3 is 0 Å². The first-order chi connectivity index (χ1) is 10.5. The number of carbonyl (C=O) groups excluding carboxylic acids is 2. The van der Waals surface area contributed by atoms with E-state index in [0.29, 0.717) is 44.0 Å². The first kappa shape index (κ1) is 19.2. The van der Waals surface area contributed by atoms with Crippen molar-refractivity contribution in [3.05, 3.63) is 23.9 Å². The van der Waals surface area contributed by atoms with Crippen LogP contribution in [0.1, 0.15) is 30.1 Å². The zero-order valence-corrected chi connectivity index (χ0v) is 14.1. The number of pyridine rings is 1. The molecular weight excluding hydrogens is 318 g/mol. The van der Waals surface area contributed by atoms with Gasteiger partial charge in [0.05, 0.1) is 11.6 Å². The minimum absolute atomic E-state index is 0. The number of primary amides is 1. The Morgan fingerprint density at radius 2 is 1.96 bits per heavy atom. The van der Waals surface area contributed by atoms with Gasteiger partial charge in [0.1, 0.15) is 5.82 Å². The maximum atomic E-state index is 12.2. The van der Waals surface area contributed by atoms with Crippen molar-refractivity contribution in [1.29, 1.82) is 0 Å². The van der Waals surface area contributed by atoms with E-state index in [-0.39, 0.29) is 18.3 Å². The van der Waals surface area contributed by atoms with Crippen LogP contribution in [0.25, 0.3) is 0 Å². The van der Waals surface area contributed by atoms with Crippen LogP contribution in [0.4, 0.5) is 5.82 Å². The van der Waals surface area contributed by atoms with Gasteiger partial charge in [-0.1, -0.05) is 13.3 Å². The number of rotatable bonds is 5. The van der Waals surface area contributed by atoms with Crippen molar-refractivity contribution in [1.82, 2.24) is 9.88 Å². The van der Waals surface area contributed by atoms with Crippen LogP contribution in [0.3, 0.4) is 0 Å². The molecule has 1 aromatic rings. The lowest BCUT2D eigenvalue weighted by Gasteiger charge is -2.37. The number of aromatic nitrogens is 1. The van der Waals surface area contributed by atoms with Gasteiger partial charge in [-0.15, -0.1) is 12.4 Å². The average molecular weight is 342 g/mol. The molecule has 2 heterocycles. The second-order valence-corrected chi connectivity index (χ2v) is 5.45. The number of halogens is 1. The standard InChI is InChI=1S/C15H23N5O2.ClH/c1-2-4-12(16)15(22)20-9-7-19(8-10-20)14-11(13(17)21)5-3-6-18-14;/h3,5-6,12H,2,4,7-10,16H2,1H3,(H2,17,21);1H. The topological polar surface area (TPSA) is 106 Å². The fourth-order valence-electron chi connectivity index (χ4n) is 2.65. The van der Waals surface area contributed by atoms with Crippen molar-refractivity contribution in [3.63, 3.8) is 0 Å². The predicted molar refractivity (Wildman–Crippen MR) is 91.7 cm³/mol. The number of nitrogens with zero attached hydrogens (tertiary/aromatic N) is 3. The molecule has 128 valence electrons. The van der Waals surface area contributed by atoms with Gasteiger partial charge in [-0.25, -0.2) is 4.98 Å². The maximum absolute atomic E-state index is 12.2. The Morgan fingerprint density at radius 3 is 2.52 bits per heavy atom. The third kappa shape index (κ3) is 4.56. The fourth-order valence-corrected chi connectivity index (χ4v) is 2.65. The van der Waals surface area contributed by atoms with E-state index in [4.69, 9.17) is 11.5 Å². The predicted octanol–water partition coefficient (Wildman–Crippen LogP) is 0.378. The van der Waals surface area contributed by atoms with Gasteiger partial charge in [-0.3, -0.25) is 9.59 Å². The molecule has 1 saturated heterocycles. The lowest BCUT2D eigenvalue weighted by molar-refractivity contribution is -0.133. The van der Waals surface area contributed by atoms with Crippen LogP contribution < -0.4 is 16.4 Å². The van der Waals surface area contributed by atoms with Gasteiger partial charge in [-0.05, 0) is 18.6 Å². The van der Waals surface area contributed by atoms with E-state index in [2.05, 4.69) is 4.98 Å². The van der Waals surface area contributed by atoms with E-state index in [9.17, 15) is 9.59 Å². The lowest BCUT2D eigenvalue weighted by Crippen LogP contribution is -2.53. The molecule has 8 heteroatoms. The second-order valence-electron chi connectivity index (χ2n) is 5.45. The first-order valence-corrected chi connectivity index (χ1v) is 7.58. The summed E-state index contributed by atoms with van der Waals surface area (Å²) in [6.07, 6.45) is 3.23. The van der Waals surface area contributed by atoms with Gasteiger partial charge in [0, 0.05) is 32.4 Å². The fraction of sp³-hybridized carbons (Fsp3) is 0.533. The van der Waals surface area contributed by atoms with E-state index < -0.39 is 11.9 Å². The first-order valence-electron chi connectivity index (χ1n) is 7.58. The Hall–Kier alpha value is -1.86. The van der Waals surface area contributed by atoms with Gasteiger partial charge in [-0.2, -0.15) is 0 Å². The molecule has 1 aromatic heterocycles. The highest BCUT2D eigenvalue weighted by atomic mass is 35.5. The summed E-state index contributed by atoms with van der Waals surface area (Å²) in [7, 11) is 0. The molecule has 7 nitrogen and oxygen atoms in total. The molecule has 1 unspecified atom stereocenters. The highest BCUT2D eigenvalue weighted by Gasteiger charge is 2.26. The Labute approximate surface area is 142 Å². The molecule has 0 bridgehead atoms. The molecule has 1 aliphatic rings. The molecule has 2 amide bonds. The number of carbonyl (C=O) groups is 2. The zero-order chi connectivity index (χ0) is 16.1. The quantitative estimate of drug-likeness (QED) is 0.805. The summed E-state index contributed by atoms with van der Waals surface area (Å²) in [4.78, 5) is 31.7. The summed E-state index contributed by atoms with van der Waals surface area (Å²) in [6, 6.07) is 2.93. The number of hydrogen-bond donors (Lipinski definition) is 2. The van der Waals surface area contributed by atoms with E-state index >= 15 is 0 Å². The van der Waals surface area contributed by atoms with Gasteiger partial charge in [0.2, 0.25) is 5.91 Å². The van der Waals surface area contributed by atoms with Crippen molar-refractivity contribution in [2.24, 2.45) is 11.5 Å². The molecule has 23 heavy (non-hydrogen) atoms. The molecule has 0 saturated carbocycles. The maximum Gasteiger partial charge on any atom is 0.252 e. The monoisotopic (exact) mass is 341 g/mol. The largest absolute Gasteiger partial charge is 0.365 e. The smallest absolute Gasteiger partial charge is 0.252 e. The number of hydrogen-bond acceptors (Lipinski definition) is 5. The van der Waals surface area contributed by atoms with E-state index in [1.807, 2.05) is 11.8 Å². The van der Waals surface area contributed by atoms with Crippen LogP contribution in [0.5, 0.6) is 0 Å². The molecule has 4 N–H and O–H groups in total. The average Bonchev–Trinajstić information content (AvgIpc) is 2.54. The zero-order valence-electron chi connectivity index (χ0n) is 13.3. The molecular formula is C15H24ClN5O2. The lowest BCUT2D eigenvalue weighted by atomic mass is 10.1. The number of anilines is 1. The number of nitrogens with two attached hydrogens (primary N) is 2. The summed E-state index contributed by atoms with van der Waals surface area (Å²) in [5, 5.41) is 0. The second kappa shape index (κ2) is 8.69. The molecule has 0 aromatic carbocycles. The number of amides is 2. The molecule has 0 aliphatic carbocycles. The van der Waals surface area contributed by atoms with Crippen molar-refractivity contribution >= 4 is 30.0 Å². The summed E-state index contributed by atoms with van der Waals surface area (Å²) in [5.41, 5.74) is 11.7. The van der Waals surface area contributed by atoms with Crippen LogP contribution in [0, 0.1) is 0 Å². The molecule has 1 atom stereocenters. The molecule has 0 radical (unpaired) electrons. The summed E-state index contributed by atoms with van der Waals surface area (Å²) in [5.74, 6) is 0.0872.